The molecule has 2 fully saturated rings. The number of hydrogen-bond donors (Lipinski definition) is 1. The largest absolute Gasteiger partial charge is 0.391 e. The third-order valence-electron chi connectivity index (χ3n) is 6.73. The van der Waals surface area contributed by atoms with Crippen molar-refractivity contribution < 1.29 is 9.90 Å². The average molecular weight is 412 g/mol. The number of carbonyl (C=O) groups is 1. The van der Waals surface area contributed by atoms with Crippen LogP contribution in [0.3, 0.4) is 0 Å². The molecule has 1 unspecified atom stereocenters. The Kier molecular flexibility index (Phi) is 6.26. The molecule has 0 aromatic heterocycles. The molecule has 2 aromatic rings. The summed E-state index contributed by atoms with van der Waals surface area (Å²) < 4.78 is 0. The van der Waals surface area contributed by atoms with Gasteiger partial charge in [-0.15, -0.1) is 0 Å². The Balaban J connectivity index is 1.33. The van der Waals surface area contributed by atoms with Gasteiger partial charge in [-0.1, -0.05) is 42.8 Å². The molecule has 1 amide bonds. The van der Waals surface area contributed by atoms with Gasteiger partial charge in [0.15, 0.2) is 0 Å². The molecule has 3 nitrogen and oxygen atoms in total. The molecule has 2 aromatic carbocycles. The molecule has 4 rings (SSSR count). The smallest absolute Gasteiger partial charge is 0.253 e. The van der Waals surface area contributed by atoms with E-state index in [0.717, 1.165) is 16.5 Å². The van der Waals surface area contributed by atoms with Crippen LogP contribution in [0.1, 0.15) is 72.3 Å². The van der Waals surface area contributed by atoms with Gasteiger partial charge < -0.3 is 10.0 Å². The Labute approximate surface area is 178 Å². The van der Waals surface area contributed by atoms with Crippen LogP contribution in [0.15, 0.2) is 48.5 Å². The van der Waals surface area contributed by atoms with Gasteiger partial charge >= 0.3 is 0 Å². The lowest BCUT2D eigenvalue weighted by molar-refractivity contribution is 0.0765. The van der Waals surface area contributed by atoms with Crippen LogP contribution in [0.4, 0.5) is 0 Å². The van der Waals surface area contributed by atoms with E-state index in [4.69, 9.17) is 11.6 Å². The summed E-state index contributed by atoms with van der Waals surface area (Å²) in [6, 6.07) is 16.4. The molecule has 0 radical (unpaired) electrons. The number of nitrogens with zero attached hydrogens (tertiary/aromatic N) is 1. The Morgan fingerprint density at radius 1 is 1.17 bits per heavy atom. The fraction of sp³-hybridized carbons (Fsp3) is 0.480. The van der Waals surface area contributed by atoms with E-state index in [1.165, 1.54) is 36.8 Å². The highest BCUT2D eigenvalue weighted by Gasteiger charge is 2.28. The van der Waals surface area contributed by atoms with E-state index in [1.54, 1.807) is 4.90 Å². The minimum atomic E-state index is -0.372. The van der Waals surface area contributed by atoms with E-state index >= 15 is 0 Å². The van der Waals surface area contributed by atoms with E-state index in [-0.39, 0.29) is 12.0 Å². The molecule has 1 saturated heterocycles. The van der Waals surface area contributed by atoms with Crippen LogP contribution in [-0.4, -0.2) is 35.1 Å². The topological polar surface area (TPSA) is 40.5 Å². The molecule has 1 saturated carbocycles. The minimum absolute atomic E-state index is 0.0349. The first-order valence-corrected chi connectivity index (χ1v) is 11.2. The zero-order valence-electron chi connectivity index (χ0n) is 17.1. The summed E-state index contributed by atoms with van der Waals surface area (Å²) in [7, 11) is 0. The summed E-state index contributed by atoms with van der Waals surface area (Å²) in [5.74, 6) is 1.88. The maximum absolute atomic E-state index is 12.6. The highest BCUT2D eigenvalue weighted by Crippen LogP contribution is 2.42. The fourth-order valence-corrected chi connectivity index (χ4v) is 5.25. The third kappa shape index (κ3) is 4.84. The first-order chi connectivity index (χ1) is 14.0. The Morgan fingerprint density at radius 3 is 2.66 bits per heavy atom. The van der Waals surface area contributed by atoms with Crippen molar-refractivity contribution in [2.45, 2.75) is 57.0 Å². The third-order valence-corrected chi connectivity index (χ3v) is 6.96. The molecule has 0 spiro atoms. The summed E-state index contributed by atoms with van der Waals surface area (Å²) in [6.45, 7) is 3.40. The van der Waals surface area contributed by atoms with E-state index in [2.05, 4.69) is 31.2 Å². The van der Waals surface area contributed by atoms with Gasteiger partial charge in [0.05, 0.1) is 6.10 Å². The van der Waals surface area contributed by atoms with Crippen molar-refractivity contribution in [1.82, 2.24) is 4.90 Å². The zero-order chi connectivity index (χ0) is 20.4. The highest BCUT2D eigenvalue weighted by molar-refractivity contribution is 6.30. The van der Waals surface area contributed by atoms with Gasteiger partial charge in [0.1, 0.15) is 0 Å². The van der Waals surface area contributed by atoms with E-state index in [1.807, 2.05) is 24.3 Å². The molecular formula is C25H30ClNO2. The average Bonchev–Trinajstić information content (AvgIpc) is 3.37. The lowest BCUT2D eigenvalue weighted by Crippen LogP contribution is -2.29. The number of aliphatic hydroxyl groups is 1. The van der Waals surface area contributed by atoms with Crippen molar-refractivity contribution in [3.8, 4) is 0 Å². The van der Waals surface area contributed by atoms with Crippen LogP contribution in [0.25, 0.3) is 0 Å². The Hall–Kier alpha value is -1.84. The lowest BCUT2D eigenvalue weighted by Gasteiger charge is -2.18. The van der Waals surface area contributed by atoms with Crippen molar-refractivity contribution in [1.29, 1.82) is 0 Å². The number of halogens is 1. The van der Waals surface area contributed by atoms with Gasteiger partial charge in [-0.05, 0) is 85.3 Å². The molecule has 29 heavy (non-hydrogen) atoms. The maximum Gasteiger partial charge on any atom is 0.253 e. The quantitative estimate of drug-likeness (QED) is 0.693. The van der Waals surface area contributed by atoms with E-state index < -0.39 is 0 Å². The molecule has 1 aliphatic heterocycles. The minimum Gasteiger partial charge on any atom is -0.391 e. The number of rotatable bonds is 5. The number of benzene rings is 2. The van der Waals surface area contributed by atoms with Crippen LogP contribution in [0, 0.1) is 5.92 Å². The number of aliphatic hydroxyl groups excluding tert-OH is 1. The van der Waals surface area contributed by atoms with Crippen LogP contribution in [0.5, 0.6) is 0 Å². The molecule has 4 heteroatoms. The maximum atomic E-state index is 12.6. The molecule has 2 aliphatic rings. The number of hydrogen-bond acceptors (Lipinski definition) is 2. The Morgan fingerprint density at radius 2 is 1.97 bits per heavy atom. The van der Waals surface area contributed by atoms with Crippen molar-refractivity contribution >= 4 is 17.5 Å². The van der Waals surface area contributed by atoms with Crippen molar-refractivity contribution in [3.05, 3.63) is 70.2 Å². The first kappa shape index (κ1) is 20.4. The second-order valence-electron chi connectivity index (χ2n) is 8.88. The summed E-state index contributed by atoms with van der Waals surface area (Å²) in [6.07, 6.45) is 5.21. The van der Waals surface area contributed by atoms with Gasteiger partial charge in [-0.2, -0.15) is 0 Å². The van der Waals surface area contributed by atoms with Crippen molar-refractivity contribution in [3.63, 3.8) is 0 Å². The van der Waals surface area contributed by atoms with Gasteiger partial charge in [-0.3, -0.25) is 4.79 Å². The standard InChI is InChI=1S/C25H30ClNO2/c1-17(21-3-2-4-23(26)15-21)13-18-5-6-22(14-18)19-7-9-20(10-8-19)25(29)27-12-11-24(28)16-27/h2-4,7-10,15,17-18,22,24,28H,5-6,11-14,16H2,1H3/t17-,18?,22-,24-/m0/s1. The SMILES string of the molecule is C[C@@H](CC1CC[C@H](c2ccc(C(=O)N3CC[C@H](O)C3)cc2)C1)c1cccc(Cl)c1. The van der Waals surface area contributed by atoms with Gasteiger partial charge in [-0.25, -0.2) is 0 Å². The van der Waals surface area contributed by atoms with Gasteiger partial charge in [0.25, 0.3) is 5.91 Å². The summed E-state index contributed by atoms with van der Waals surface area (Å²) in [5, 5.41) is 10.5. The zero-order valence-corrected chi connectivity index (χ0v) is 17.8. The fourth-order valence-electron chi connectivity index (χ4n) is 5.05. The highest BCUT2D eigenvalue weighted by atomic mass is 35.5. The second kappa shape index (κ2) is 8.89. The summed E-state index contributed by atoms with van der Waals surface area (Å²) in [5.41, 5.74) is 3.41. The van der Waals surface area contributed by atoms with Crippen LogP contribution >= 0.6 is 11.6 Å². The number of amides is 1. The summed E-state index contributed by atoms with van der Waals surface area (Å²) >= 11 is 6.15. The predicted octanol–water partition coefficient (Wildman–Crippen LogP) is 5.62. The molecule has 1 N–H and O–H groups in total. The lowest BCUT2D eigenvalue weighted by atomic mass is 9.88. The van der Waals surface area contributed by atoms with Crippen LogP contribution in [0.2, 0.25) is 5.02 Å². The molecule has 154 valence electrons. The van der Waals surface area contributed by atoms with E-state index in [0.29, 0.717) is 31.3 Å². The number of carbonyl (C=O) groups excluding carboxylic acids is 1. The normalized spacial score (nSPS) is 25.3. The van der Waals surface area contributed by atoms with Crippen LogP contribution < -0.4 is 0 Å². The molecular weight excluding hydrogens is 382 g/mol. The van der Waals surface area contributed by atoms with E-state index in [9.17, 15) is 9.90 Å². The van der Waals surface area contributed by atoms with Gasteiger partial charge in [0, 0.05) is 23.7 Å². The van der Waals surface area contributed by atoms with Crippen LogP contribution in [-0.2, 0) is 0 Å². The molecule has 1 aliphatic carbocycles. The van der Waals surface area contributed by atoms with Crippen molar-refractivity contribution in [2.24, 2.45) is 5.92 Å². The predicted molar refractivity (Wildman–Crippen MR) is 118 cm³/mol. The Bertz CT molecular complexity index is 850. The number of β-amino-alcohol motifs (C(OH)–C–C–N with tert-alkyl or cyclic N) is 1. The summed E-state index contributed by atoms with van der Waals surface area (Å²) in [4.78, 5) is 14.3. The van der Waals surface area contributed by atoms with Gasteiger partial charge in [0.2, 0.25) is 0 Å². The number of likely N-dealkylation sites (tertiary alicyclic amines) is 1. The molecule has 0 bridgehead atoms. The monoisotopic (exact) mass is 411 g/mol. The first-order valence-electron chi connectivity index (χ1n) is 10.8. The molecule has 4 atom stereocenters. The second-order valence-corrected chi connectivity index (χ2v) is 9.32. The van der Waals surface area contributed by atoms with Crippen molar-refractivity contribution in [2.75, 3.05) is 13.1 Å². The molecule has 1 heterocycles.